The Morgan fingerprint density at radius 3 is 2.48 bits per heavy atom. The van der Waals surface area contributed by atoms with Gasteiger partial charge in [0.15, 0.2) is 0 Å². The maximum absolute atomic E-state index is 12.9. The quantitative estimate of drug-likeness (QED) is 0.711. The predicted octanol–water partition coefficient (Wildman–Crippen LogP) is 2.95. The van der Waals surface area contributed by atoms with Crippen LogP contribution in [-0.4, -0.2) is 22.6 Å². The number of pyridine rings is 1. The van der Waals surface area contributed by atoms with Crippen molar-refractivity contribution in [1.29, 1.82) is 0 Å². The molecule has 0 aliphatic carbocycles. The molecular formula is C19H18N2O3S. The van der Waals surface area contributed by atoms with E-state index in [0.717, 1.165) is 5.56 Å². The van der Waals surface area contributed by atoms with Crippen molar-refractivity contribution < 1.29 is 9.90 Å². The molecule has 1 aromatic heterocycles. The van der Waals surface area contributed by atoms with Gasteiger partial charge < -0.3 is 14.6 Å². The normalized spacial score (nSPS) is 10.8. The summed E-state index contributed by atoms with van der Waals surface area (Å²) < 4.78 is 1.38. The van der Waals surface area contributed by atoms with E-state index in [-0.39, 0.29) is 11.3 Å². The summed E-state index contributed by atoms with van der Waals surface area (Å²) in [7, 11) is 3.16. The molecule has 3 aromatic rings. The number of carbonyl (C=O) groups is 1. The van der Waals surface area contributed by atoms with Gasteiger partial charge in [0.1, 0.15) is 11.3 Å². The van der Waals surface area contributed by atoms with E-state index in [1.54, 1.807) is 50.5 Å². The summed E-state index contributed by atoms with van der Waals surface area (Å²) in [6.45, 7) is 0. The zero-order valence-electron chi connectivity index (χ0n) is 13.9. The van der Waals surface area contributed by atoms with Crippen LogP contribution < -0.4 is 10.5 Å². The van der Waals surface area contributed by atoms with E-state index in [0.29, 0.717) is 22.3 Å². The number of aryl methyl sites for hydroxylation is 1. The van der Waals surface area contributed by atoms with Gasteiger partial charge in [-0.05, 0) is 23.8 Å². The van der Waals surface area contributed by atoms with E-state index in [2.05, 4.69) is 12.6 Å². The summed E-state index contributed by atoms with van der Waals surface area (Å²) in [6.07, 6.45) is 0. The van der Waals surface area contributed by atoms with Crippen LogP contribution in [-0.2, 0) is 12.8 Å². The third-order valence-corrected chi connectivity index (χ3v) is 4.66. The van der Waals surface area contributed by atoms with E-state index in [1.807, 2.05) is 12.1 Å². The number of hydrogen-bond acceptors (Lipinski definition) is 4. The Morgan fingerprint density at radius 2 is 1.84 bits per heavy atom. The Balaban J connectivity index is 2.26. The van der Waals surface area contributed by atoms with Crippen molar-refractivity contribution in [2.24, 2.45) is 7.05 Å². The van der Waals surface area contributed by atoms with E-state index < -0.39 is 11.5 Å². The fourth-order valence-corrected chi connectivity index (χ4v) is 3.17. The van der Waals surface area contributed by atoms with Crippen molar-refractivity contribution in [3.8, 4) is 5.75 Å². The lowest BCUT2D eigenvalue weighted by Gasteiger charge is -2.19. The molecular weight excluding hydrogens is 336 g/mol. The number of aromatic hydroxyl groups is 1. The van der Waals surface area contributed by atoms with Crippen molar-refractivity contribution in [3.63, 3.8) is 0 Å². The van der Waals surface area contributed by atoms with Gasteiger partial charge in [0.2, 0.25) is 0 Å². The number of thiol groups is 1. The lowest BCUT2D eigenvalue weighted by atomic mass is 10.0. The number of hydrogen-bond donors (Lipinski definition) is 2. The van der Waals surface area contributed by atoms with Gasteiger partial charge in [-0.1, -0.05) is 30.3 Å². The predicted molar refractivity (Wildman–Crippen MR) is 103 cm³/mol. The first-order chi connectivity index (χ1) is 12.0. The van der Waals surface area contributed by atoms with E-state index >= 15 is 0 Å². The number of amides is 1. The first-order valence-corrected chi connectivity index (χ1v) is 8.38. The topological polar surface area (TPSA) is 62.5 Å². The van der Waals surface area contributed by atoms with E-state index in [9.17, 15) is 14.7 Å². The third kappa shape index (κ3) is 2.78. The number of nitrogens with zero attached hydrogens (tertiary/aromatic N) is 2. The molecule has 1 N–H and O–H groups in total. The smallest absolute Gasteiger partial charge is 0.267 e. The molecule has 1 heterocycles. The fourth-order valence-electron chi connectivity index (χ4n) is 2.90. The average Bonchev–Trinajstić information content (AvgIpc) is 2.65. The van der Waals surface area contributed by atoms with Crippen LogP contribution in [0.2, 0.25) is 0 Å². The number of carbonyl (C=O) groups excluding carboxylic acids is 1. The summed E-state index contributed by atoms with van der Waals surface area (Å²) in [5, 5.41) is 11.2. The van der Waals surface area contributed by atoms with Gasteiger partial charge in [-0.15, -0.1) is 0 Å². The SMILES string of the molecule is CN(C(=O)c1c(O)c2c(CS)cccc2n(C)c1=O)c1ccccc1. The highest BCUT2D eigenvalue weighted by Gasteiger charge is 2.25. The lowest BCUT2D eigenvalue weighted by molar-refractivity contribution is 0.0988. The molecule has 3 rings (SSSR count). The Labute approximate surface area is 150 Å². The van der Waals surface area contributed by atoms with Crippen LogP contribution in [0.4, 0.5) is 5.69 Å². The van der Waals surface area contributed by atoms with E-state index in [4.69, 9.17) is 0 Å². The highest BCUT2D eigenvalue weighted by atomic mass is 32.1. The molecule has 0 fully saturated rings. The molecule has 2 aromatic carbocycles. The Hall–Kier alpha value is -2.73. The Bertz CT molecular complexity index is 1010. The molecule has 0 aliphatic rings. The third-order valence-electron chi connectivity index (χ3n) is 4.31. The van der Waals surface area contributed by atoms with Crippen molar-refractivity contribution in [2.45, 2.75) is 5.75 Å². The minimum Gasteiger partial charge on any atom is -0.506 e. The molecule has 0 atom stereocenters. The number of fused-ring (bicyclic) bond motifs is 1. The van der Waals surface area contributed by atoms with Gasteiger partial charge in [-0.2, -0.15) is 12.6 Å². The second-order valence-electron chi connectivity index (χ2n) is 5.76. The highest BCUT2D eigenvalue weighted by molar-refractivity contribution is 7.79. The molecule has 0 aliphatic heterocycles. The summed E-state index contributed by atoms with van der Waals surface area (Å²) in [5.74, 6) is -0.471. The fraction of sp³-hybridized carbons (Fsp3) is 0.158. The second kappa shape index (κ2) is 6.64. The van der Waals surface area contributed by atoms with Crippen LogP contribution in [0.15, 0.2) is 53.3 Å². The molecule has 0 saturated carbocycles. The highest BCUT2D eigenvalue weighted by Crippen LogP contribution is 2.31. The minimum absolute atomic E-state index is 0.240. The van der Waals surface area contributed by atoms with Gasteiger partial charge in [-0.25, -0.2) is 0 Å². The number of benzene rings is 2. The summed E-state index contributed by atoms with van der Waals surface area (Å²) in [5.41, 5.74) is 1.18. The molecule has 6 heteroatoms. The molecule has 0 spiro atoms. The molecule has 0 bridgehead atoms. The number of rotatable bonds is 3. The van der Waals surface area contributed by atoms with Crippen molar-refractivity contribution in [1.82, 2.24) is 4.57 Å². The molecule has 25 heavy (non-hydrogen) atoms. The number of para-hydroxylation sites is 1. The van der Waals surface area contributed by atoms with Crippen LogP contribution in [0, 0.1) is 0 Å². The first kappa shape index (κ1) is 17.1. The monoisotopic (exact) mass is 354 g/mol. The first-order valence-electron chi connectivity index (χ1n) is 7.75. The maximum atomic E-state index is 12.9. The Morgan fingerprint density at radius 1 is 1.16 bits per heavy atom. The number of anilines is 1. The van der Waals surface area contributed by atoms with Crippen molar-refractivity contribution in [2.75, 3.05) is 11.9 Å². The Kier molecular flexibility index (Phi) is 4.55. The zero-order valence-corrected chi connectivity index (χ0v) is 14.8. The van der Waals surface area contributed by atoms with Crippen molar-refractivity contribution >= 4 is 35.1 Å². The maximum Gasteiger partial charge on any atom is 0.267 e. The standard InChI is InChI=1S/C19H18N2O3S/c1-20(13-8-4-3-5-9-13)18(23)16-17(22)15-12(11-25)7-6-10-14(15)21(2)19(16)24/h3-10,22,25H,11H2,1-2H3. The zero-order chi connectivity index (χ0) is 18.1. The molecule has 0 saturated heterocycles. The van der Waals surface area contributed by atoms with Crippen LogP contribution in [0.1, 0.15) is 15.9 Å². The minimum atomic E-state index is -0.555. The van der Waals surface area contributed by atoms with Crippen LogP contribution >= 0.6 is 12.6 Å². The summed E-state index contributed by atoms with van der Waals surface area (Å²) >= 11 is 4.28. The molecule has 5 nitrogen and oxygen atoms in total. The average molecular weight is 354 g/mol. The van der Waals surface area contributed by atoms with Gasteiger partial charge in [0, 0.05) is 30.9 Å². The largest absolute Gasteiger partial charge is 0.506 e. The van der Waals surface area contributed by atoms with Gasteiger partial charge in [-0.3, -0.25) is 9.59 Å². The van der Waals surface area contributed by atoms with Crippen LogP contribution in [0.25, 0.3) is 10.9 Å². The van der Waals surface area contributed by atoms with Crippen LogP contribution in [0.5, 0.6) is 5.75 Å². The summed E-state index contributed by atoms with van der Waals surface area (Å²) in [6, 6.07) is 14.3. The molecule has 128 valence electrons. The second-order valence-corrected chi connectivity index (χ2v) is 6.07. The van der Waals surface area contributed by atoms with Crippen LogP contribution in [0.3, 0.4) is 0 Å². The lowest BCUT2D eigenvalue weighted by Crippen LogP contribution is -2.34. The van der Waals surface area contributed by atoms with Gasteiger partial charge in [0.25, 0.3) is 11.5 Å². The molecule has 0 unspecified atom stereocenters. The van der Waals surface area contributed by atoms with E-state index in [1.165, 1.54) is 9.47 Å². The summed E-state index contributed by atoms with van der Waals surface area (Å²) in [4.78, 5) is 27.0. The van der Waals surface area contributed by atoms with Gasteiger partial charge in [0.05, 0.1) is 5.52 Å². The molecule has 0 radical (unpaired) electrons. The molecule has 1 amide bonds. The van der Waals surface area contributed by atoms with Crippen molar-refractivity contribution in [3.05, 3.63) is 70.0 Å². The number of aromatic nitrogens is 1. The van der Waals surface area contributed by atoms with Gasteiger partial charge >= 0.3 is 0 Å².